The summed E-state index contributed by atoms with van der Waals surface area (Å²) in [5, 5.41) is 30.5. The summed E-state index contributed by atoms with van der Waals surface area (Å²) < 4.78 is 11.2. The van der Waals surface area contributed by atoms with Gasteiger partial charge in [-0.15, -0.1) is 0 Å². The molecule has 1 aromatic rings. The molecule has 0 unspecified atom stereocenters. The first-order valence-electron chi connectivity index (χ1n) is 9.30. The summed E-state index contributed by atoms with van der Waals surface area (Å²) in [5.74, 6) is 0.628. The van der Waals surface area contributed by atoms with E-state index in [9.17, 15) is 15.2 Å². The van der Waals surface area contributed by atoms with Crippen LogP contribution in [0.3, 0.4) is 0 Å². The Morgan fingerprint density at radius 3 is 2.23 bits per heavy atom. The molecule has 2 rings (SSSR count). The highest BCUT2D eigenvalue weighted by atomic mass is 16.5. The van der Waals surface area contributed by atoms with Gasteiger partial charge in [-0.3, -0.25) is 0 Å². The fourth-order valence-corrected chi connectivity index (χ4v) is 2.73. The summed E-state index contributed by atoms with van der Waals surface area (Å²) in [6.45, 7) is 9.71. The molecular formula is C19H32BNO5. The maximum absolute atomic E-state index is 10.3. The van der Waals surface area contributed by atoms with Crippen molar-refractivity contribution in [2.75, 3.05) is 26.2 Å². The normalized spacial score (nSPS) is 17.3. The van der Waals surface area contributed by atoms with Crippen LogP contribution >= 0.6 is 0 Å². The lowest BCUT2D eigenvalue weighted by Gasteiger charge is -2.38. The van der Waals surface area contributed by atoms with E-state index in [4.69, 9.17) is 9.39 Å². The van der Waals surface area contributed by atoms with Crippen LogP contribution in [0.5, 0.6) is 5.75 Å². The van der Waals surface area contributed by atoms with Gasteiger partial charge in [0.15, 0.2) is 0 Å². The fourth-order valence-electron chi connectivity index (χ4n) is 2.73. The Labute approximate surface area is 156 Å². The first-order valence-corrected chi connectivity index (χ1v) is 9.30. The maximum Gasteiger partial charge on any atom is 0.491 e. The summed E-state index contributed by atoms with van der Waals surface area (Å²) in [5.41, 5.74) is -1.43. The number of β-amino-alcohol motifs (C(OH)–C–C–N with tert-alkyl or cyclic N) is 1. The molecular weight excluding hydrogens is 333 g/mol. The highest BCUT2D eigenvalue weighted by molar-refractivity contribution is 6.60. The molecule has 0 bridgehead atoms. The topological polar surface area (TPSA) is 82.4 Å². The van der Waals surface area contributed by atoms with Crippen LogP contribution in [-0.2, 0) is 4.65 Å². The van der Waals surface area contributed by atoms with Crippen LogP contribution in [0.1, 0.15) is 40.5 Å². The van der Waals surface area contributed by atoms with Crippen molar-refractivity contribution in [3.63, 3.8) is 0 Å². The van der Waals surface area contributed by atoms with Crippen molar-refractivity contribution >= 4 is 12.6 Å². The zero-order valence-corrected chi connectivity index (χ0v) is 16.3. The molecule has 7 heteroatoms. The van der Waals surface area contributed by atoms with Gasteiger partial charge in [0, 0.05) is 6.54 Å². The van der Waals surface area contributed by atoms with Crippen molar-refractivity contribution in [1.29, 1.82) is 0 Å². The Morgan fingerprint density at radius 2 is 1.69 bits per heavy atom. The molecule has 1 aliphatic rings. The van der Waals surface area contributed by atoms with Crippen LogP contribution in [-0.4, -0.2) is 70.8 Å². The number of aliphatic hydroxyl groups excluding tert-OH is 1. The third kappa shape index (κ3) is 5.96. The quantitative estimate of drug-likeness (QED) is 0.561. The number of rotatable bonds is 9. The lowest BCUT2D eigenvalue weighted by atomic mass is 9.76. The second kappa shape index (κ2) is 8.72. The Hall–Kier alpha value is -1.12. The first kappa shape index (κ1) is 21.2. The van der Waals surface area contributed by atoms with Gasteiger partial charge in [0.25, 0.3) is 0 Å². The Bertz CT molecular complexity index is 552. The molecule has 146 valence electrons. The molecule has 0 aliphatic carbocycles. The number of benzene rings is 1. The van der Waals surface area contributed by atoms with E-state index >= 15 is 0 Å². The minimum atomic E-state index is -1.15. The number of hydrogen-bond acceptors (Lipinski definition) is 6. The minimum Gasteiger partial charge on any atom is -0.491 e. The second-order valence-electron chi connectivity index (χ2n) is 8.08. The highest BCUT2D eigenvalue weighted by Crippen LogP contribution is 2.25. The van der Waals surface area contributed by atoms with E-state index in [0.29, 0.717) is 17.8 Å². The van der Waals surface area contributed by atoms with E-state index in [-0.39, 0.29) is 6.61 Å². The molecule has 0 aromatic heterocycles. The van der Waals surface area contributed by atoms with Crippen LogP contribution in [0.15, 0.2) is 24.3 Å². The van der Waals surface area contributed by atoms with Gasteiger partial charge in [-0.05, 0) is 71.2 Å². The average Bonchev–Trinajstić information content (AvgIpc) is 3.05. The lowest BCUT2D eigenvalue weighted by Crippen LogP contribution is -2.53. The maximum atomic E-state index is 10.3. The van der Waals surface area contributed by atoms with Gasteiger partial charge >= 0.3 is 7.12 Å². The Kier molecular flexibility index (Phi) is 7.10. The molecule has 1 heterocycles. The first-order chi connectivity index (χ1) is 12.1. The average molecular weight is 365 g/mol. The smallest absolute Gasteiger partial charge is 0.491 e. The van der Waals surface area contributed by atoms with E-state index < -0.39 is 24.4 Å². The van der Waals surface area contributed by atoms with Crippen molar-refractivity contribution in [2.24, 2.45) is 0 Å². The summed E-state index contributed by atoms with van der Waals surface area (Å²) in [7, 11) is -1.15. The molecule has 1 aromatic carbocycles. The molecule has 1 saturated heterocycles. The minimum absolute atomic E-state index is 0.237. The van der Waals surface area contributed by atoms with Crippen LogP contribution in [0.25, 0.3) is 0 Å². The molecule has 6 nitrogen and oxygen atoms in total. The largest absolute Gasteiger partial charge is 0.491 e. The van der Waals surface area contributed by atoms with Gasteiger partial charge in [0.05, 0.1) is 11.2 Å². The molecule has 0 saturated carbocycles. The molecule has 1 aliphatic heterocycles. The summed E-state index contributed by atoms with van der Waals surface area (Å²) in [6.07, 6.45) is 1.88. The highest BCUT2D eigenvalue weighted by Gasteiger charge is 2.39. The number of hydrogen-bond donors (Lipinski definition) is 3. The third-order valence-corrected chi connectivity index (χ3v) is 5.15. The molecule has 0 amide bonds. The number of nitrogens with zero attached hydrogens (tertiary/aromatic N) is 1. The Morgan fingerprint density at radius 1 is 1.12 bits per heavy atom. The standard InChI is InChI=1S/C19H32BNO5/c1-18(2,23)19(3,4)26-20(24)15-7-9-17(10-8-15)25-14-16(22)13-21-11-5-6-12-21/h7-10,16,22-24H,5-6,11-14H2,1-4H3/t16-/m1/s1. The second-order valence-corrected chi connectivity index (χ2v) is 8.08. The number of aliphatic hydroxyl groups is 2. The van der Waals surface area contributed by atoms with Crippen molar-refractivity contribution in [3.8, 4) is 5.75 Å². The predicted octanol–water partition coefficient (Wildman–Crippen LogP) is 0.776. The van der Waals surface area contributed by atoms with Crippen molar-refractivity contribution in [1.82, 2.24) is 4.90 Å². The van der Waals surface area contributed by atoms with Crippen LogP contribution in [0, 0.1) is 0 Å². The zero-order valence-electron chi connectivity index (χ0n) is 16.3. The Balaban J connectivity index is 1.83. The van der Waals surface area contributed by atoms with Crippen molar-refractivity contribution in [3.05, 3.63) is 24.3 Å². The van der Waals surface area contributed by atoms with Gasteiger partial charge in [-0.25, -0.2) is 0 Å². The third-order valence-electron chi connectivity index (χ3n) is 5.15. The van der Waals surface area contributed by atoms with E-state index in [1.165, 1.54) is 12.8 Å². The summed E-state index contributed by atoms with van der Waals surface area (Å²) >= 11 is 0. The molecule has 1 atom stereocenters. The predicted molar refractivity (Wildman–Crippen MR) is 103 cm³/mol. The van der Waals surface area contributed by atoms with E-state index in [2.05, 4.69) is 4.90 Å². The van der Waals surface area contributed by atoms with Gasteiger partial charge in [0.1, 0.15) is 18.5 Å². The molecule has 26 heavy (non-hydrogen) atoms. The van der Waals surface area contributed by atoms with Gasteiger partial charge < -0.3 is 29.5 Å². The van der Waals surface area contributed by atoms with E-state index in [1.807, 2.05) is 0 Å². The van der Waals surface area contributed by atoms with E-state index in [1.54, 1.807) is 52.0 Å². The van der Waals surface area contributed by atoms with Crippen LogP contribution < -0.4 is 10.2 Å². The summed E-state index contributed by atoms with van der Waals surface area (Å²) in [6, 6.07) is 6.91. The summed E-state index contributed by atoms with van der Waals surface area (Å²) in [4.78, 5) is 2.25. The van der Waals surface area contributed by atoms with Gasteiger partial charge in [-0.2, -0.15) is 0 Å². The SMILES string of the molecule is CC(C)(O)C(C)(C)OB(O)c1ccc(OC[C@H](O)CN2CCCC2)cc1. The zero-order chi connectivity index (χ0) is 19.4. The monoisotopic (exact) mass is 365 g/mol. The molecule has 0 radical (unpaired) electrons. The van der Waals surface area contributed by atoms with Crippen LogP contribution in [0.2, 0.25) is 0 Å². The van der Waals surface area contributed by atoms with Gasteiger partial charge in [-0.1, -0.05) is 12.1 Å². The van der Waals surface area contributed by atoms with Gasteiger partial charge in [0.2, 0.25) is 0 Å². The fraction of sp³-hybridized carbons (Fsp3) is 0.684. The molecule has 0 spiro atoms. The lowest BCUT2D eigenvalue weighted by molar-refractivity contribution is -0.0982. The molecule has 3 N–H and O–H groups in total. The number of ether oxygens (including phenoxy) is 1. The van der Waals surface area contributed by atoms with Crippen LogP contribution in [0.4, 0.5) is 0 Å². The number of likely N-dealkylation sites (tertiary alicyclic amines) is 1. The van der Waals surface area contributed by atoms with E-state index in [0.717, 1.165) is 13.1 Å². The van der Waals surface area contributed by atoms with Crippen molar-refractivity contribution < 1.29 is 24.6 Å². The molecule has 1 fully saturated rings. The van der Waals surface area contributed by atoms with Crippen molar-refractivity contribution in [2.45, 2.75) is 57.8 Å².